The standard InChI is InChI=1S/C12H13ClN2S/c13-11-4-2-1-3-10(11)9-14-6-5-12-15-7-8-16-12/h1-4,7-8,14H,5-6,9H2. The van der Waals surface area contributed by atoms with Gasteiger partial charge in [0, 0.05) is 36.1 Å². The molecule has 84 valence electrons. The van der Waals surface area contributed by atoms with Crippen LogP contribution in [0.25, 0.3) is 0 Å². The van der Waals surface area contributed by atoms with Crippen LogP contribution < -0.4 is 5.32 Å². The second kappa shape index (κ2) is 5.99. The van der Waals surface area contributed by atoms with Gasteiger partial charge in [0.25, 0.3) is 0 Å². The molecule has 1 aromatic carbocycles. The average molecular weight is 253 g/mol. The van der Waals surface area contributed by atoms with Crippen molar-refractivity contribution in [3.63, 3.8) is 0 Å². The summed E-state index contributed by atoms with van der Waals surface area (Å²) in [5.41, 5.74) is 1.14. The topological polar surface area (TPSA) is 24.9 Å². The van der Waals surface area contributed by atoms with E-state index in [-0.39, 0.29) is 0 Å². The van der Waals surface area contributed by atoms with Crippen LogP contribution in [0.5, 0.6) is 0 Å². The van der Waals surface area contributed by atoms with Crippen LogP contribution in [-0.2, 0) is 13.0 Å². The molecule has 0 saturated heterocycles. The summed E-state index contributed by atoms with van der Waals surface area (Å²) >= 11 is 7.75. The van der Waals surface area contributed by atoms with Gasteiger partial charge in [0.2, 0.25) is 0 Å². The second-order valence-electron chi connectivity index (χ2n) is 3.44. The third-order valence-corrected chi connectivity index (χ3v) is 3.48. The molecule has 1 N–H and O–H groups in total. The molecular weight excluding hydrogens is 240 g/mol. The molecule has 2 rings (SSSR count). The van der Waals surface area contributed by atoms with Crippen LogP contribution in [0.1, 0.15) is 10.6 Å². The Bertz CT molecular complexity index is 428. The number of hydrogen-bond acceptors (Lipinski definition) is 3. The highest BCUT2D eigenvalue weighted by atomic mass is 35.5. The first-order valence-corrected chi connectivity index (χ1v) is 6.44. The maximum absolute atomic E-state index is 6.05. The van der Waals surface area contributed by atoms with Crippen LogP contribution in [0.3, 0.4) is 0 Å². The molecule has 0 aliphatic rings. The summed E-state index contributed by atoms with van der Waals surface area (Å²) in [5.74, 6) is 0. The van der Waals surface area contributed by atoms with Crippen LogP contribution in [-0.4, -0.2) is 11.5 Å². The fourth-order valence-electron chi connectivity index (χ4n) is 1.44. The van der Waals surface area contributed by atoms with E-state index in [9.17, 15) is 0 Å². The number of nitrogens with zero attached hydrogens (tertiary/aromatic N) is 1. The number of hydrogen-bond donors (Lipinski definition) is 1. The number of thiazole rings is 1. The molecule has 0 bridgehead atoms. The van der Waals surface area contributed by atoms with Gasteiger partial charge in [-0.2, -0.15) is 0 Å². The zero-order chi connectivity index (χ0) is 11.2. The van der Waals surface area contributed by atoms with E-state index in [2.05, 4.69) is 10.3 Å². The number of benzene rings is 1. The summed E-state index contributed by atoms with van der Waals surface area (Å²) < 4.78 is 0. The summed E-state index contributed by atoms with van der Waals surface area (Å²) in [6.07, 6.45) is 2.82. The highest BCUT2D eigenvalue weighted by Crippen LogP contribution is 2.14. The Hall–Kier alpha value is -0.900. The molecular formula is C12H13ClN2S. The molecule has 0 saturated carbocycles. The van der Waals surface area contributed by atoms with Gasteiger partial charge >= 0.3 is 0 Å². The molecule has 16 heavy (non-hydrogen) atoms. The molecule has 1 heterocycles. The van der Waals surface area contributed by atoms with E-state index >= 15 is 0 Å². The van der Waals surface area contributed by atoms with E-state index in [1.165, 1.54) is 5.01 Å². The SMILES string of the molecule is Clc1ccccc1CNCCc1nccs1. The predicted molar refractivity (Wildman–Crippen MR) is 69.0 cm³/mol. The van der Waals surface area contributed by atoms with Crippen molar-refractivity contribution in [2.45, 2.75) is 13.0 Å². The van der Waals surface area contributed by atoms with Gasteiger partial charge in [-0.05, 0) is 11.6 Å². The minimum absolute atomic E-state index is 0.811. The average Bonchev–Trinajstić information content (AvgIpc) is 2.79. The smallest absolute Gasteiger partial charge is 0.0937 e. The molecule has 0 radical (unpaired) electrons. The minimum atomic E-state index is 0.811. The Morgan fingerprint density at radius 1 is 1.31 bits per heavy atom. The summed E-state index contributed by atoms with van der Waals surface area (Å²) in [5, 5.41) is 7.36. The molecule has 1 aromatic heterocycles. The van der Waals surface area contributed by atoms with Crippen molar-refractivity contribution in [2.75, 3.05) is 6.54 Å². The van der Waals surface area contributed by atoms with Crippen LogP contribution in [0.15, 0.2) is 35.8 Å². The van der Waals surface area contributed by atoms with E-state index in [4.69, 9.17) is 11.6 Å². The van der Waals surface area contributed by atoms with Gasteiger partial charge in [-0.15, -0.1) is 11.3 Å². The van der Waals surface area contributed by atoms with Gasteiger partial charge in [0.05, 0.1) is 5.01 Å². The second-order valence-corrected chi connectivity index (χ2v) is 4.83. The van der Waals surface area contributed by atoms with Crippen LogP contribution in [0, 0.1) is 0 Å². The number of rotatable bonds is 5. The number of halogens is 1. The summed E-state index contributed by atoms with van der Waals surface area (Å²) in [6.45, 7) is 1.74. The first kappa shape index (κ1) is 11.6. The fraction of sp³-hybridized carbons (Fsp3) is 0.250. The van der Waals surface area contributed by atoms with Crippen molar-refractivity contribution in [3.05, 3.63) is 51.4 Å². The van der Waals surface area contributed by atoms with Gasteiger partial charge in [-0.3, -0.25) is 0 Å². The monoisotopic (exact) mass is 252 g/mol. The van der Waals surface area contributed by atoms with E-state index in [1.807, 2.05) is 35.8 Å². The molecule has 4 heteroatoms. The Morgan fingerprint density at radius 3 is 2.94 bits per heavy atom. The van der Waals surface area contributed by atoms with E-state index < -0.39 is 0 Å². The molecule has 0 aliphatic heterocycles. The van der Waals surface area contributed by atoms with Gasteiger partial charge in [0.1, 0.15) is 0 Å². The minimum Gasteiger partial charge on any atom is -0.312 e. The fourth-order valence-corrected chi connectivity index (χ4v) is 2.26. The van der Waals surface area contributed by atoms with Gasteiger partial charge < -0.3 is 5.32 Å². The van der Waals surface area contributed by atoms with Gasteiger partial charge in [-0.25, -0.2) is 4.98 Å². The van der Waals surface area contributed by atoms with E-state index in [0.717, 1.165) is 30.1 Å². The number of aromatic nitrogens is 1. The molecule has 0 amide bonds. The highest BCUT2D eigenvalue weighted by Gasteiger charge is 1.98. The maximum Gasteiger partial charge on any atom is 0.0937 e. The van der Waals surface area contributed by atoms with Gasteiger partial charge in [0.15, 0.2) is 0 Å². The van der Waals surface area contributed by atoms with Crippen LogP contribution in [0.4, 0.5) is 0 Å². The quantitative estimate of drug-likeness (QED) is 0.827. The summed E-state index contributed by atoms with van der Waals surface area (Å²) in [4.78, 5) is 4.23. The Balaban J connectivity index is 1.74. The van der Waals surface area contributed by atoms with Crippen LogP contribution >= 0.6 is 22.9 Å². The zero-order valence-electron chi connectivity index (χ0n) is 8.82. The molecule has 0 unspecified atom stereocenters. The summed E-state index contributed by atoms with van der Waals surface area (Å²) in [6, 6.07) is 7.91. The third kappa shape index (κ3) is 3.30. The van der Waals surface area contributed by atoms with Crippen molar-refractivity contribution in [1.29, 1.82) is 0 Å². The lowest BCUT2D eigenvalue weighted by Gasteiger charge is -2.05. The highest BCUT2D eigenvalue weighted by molar-refractivity contribution is 7.09. The summed E-state index contributed by atoms with van der Waals surface area (Å²) in [7, 11) is 0. The van der Waals surface area contributed by atoms with E-state index in [0.29, 0.717) is 0 Å². The van der Waals surface area contributed by atoms with Crippen molar-refractivity contribution < 1.29 is 0 Å². The van der Waals surface area contributed by atoms with Crippen molar-refractivity contribution in [3.8, 4) is 0 Å². The molecule has 0 aliphatic carbocycles. The molecule has 2 aromatic rings. The van der Waals surface area contributed by atoms with Crippen molar-refractivity contribution in [2.24, 2.45) is 0 Å². The lowest BCUT2D eigenvalue weighted by atomic mass is 10.2. The van der Waals surface area contributed by atoms with Crippen molar-refractivity contribution in [1.82, 2.24) is 10.3 Å². The molecule has 0 spiro atoms. The third-order valence-electron chi connectivity index (χ3n) is 2.27. The molecule has 2 nitrogen and oxygen atoms in total. The Labute approximate surface area is 104 Å². The Kier molecular flexibility index (Phi) is 4.34. The first-order chi connectivity index (χ1) is 7.86. The first-order valence-electron chi connectivity index (χ1n) is 5.19. The Morgan fingerprint density at radius 2 is 2.19 bits per heavy atom. The van der Waals surface area contributed by atoms with Crippen molar-refractivity contribution >= 4 is 22.9 Å². The van der Waals surface area contributed by atoms with Gasteiger partial charge in [-0.1, -0.05) is 29.8 Å². The maximum atomic E-state index is 6.05. The number of nitrogens with one attached hydrogen (secondary N) is 1. The predicted octanol–water partition coefficient (Wildman–Crippen LogP) is 3.13. The lowest BCUT2D eigenvalue weighted by molar-refractivity contribution is 0.685. The van der Waals surface area contributed by atoms with E-state index in [1.54, 1.807) is 11.3 Å². The lowest BCUT2D eigenvalue weighted by Crippen LogP contribution is -2.16. The van der Waals surface area contributed by atoms with Crippen LogP contribution in [0.2, 0.25) is 5.02 Å². The normalized spacial score (nSPS) is 10.6. The largest absolute Gasteiger partial charge is 0.312 e. The molecule has 0 atom stereocenters. The zero-order valence-corrected chi connectivity index (χ0v) is 10.4. The molecule has 0 fully saturated rings.